The first-order valence-corrected chi connectivity index (χ1v) is 5.69. The van der Waals surface area contributed by atoms with Gasteiger partial charge >= 0.3 is 0 Å². The molecule has 0 fully saturated rings. The van der Waals surface area contributed by atoms with Crippen LogP contribution in [-0.4, -0.2) is 16.8 Å². The number of phenolic OH excluding ortho intramolecular Hbond substituents is 1. The zero-order valence-corrected chi connectivity index (χ0v) is 11.8. The van der Waals surface area contributed by atoms with Gasteiger partial charge in [0, 0.05) is 22.7 Å². The molecule has 0 radical (unpaired) electrons. The predicted octanol–water partition coefficient (Wildman–Crippen LogP) is 2.72. The number of aliphatic hydroxyl groups excluding tert-OH is 1. The van der Waals surface area contributed by atoms with Crippen LogP contribution in [0.25, 0.3) is 0 Å². The van der Waals surface area contributed by atoms with Crippen molar-refractivity contribution in [2.75, 3.05) is 6.61 Å². The lowest BCUT2D eigenvalue weighted by atomic mass is 10.0. The minimum absolute atomic E-state index is 0. The maximum atomic E-state index is 9.69. The highest BCUT2D eigenvalue weighted by molar-refractivity contribution is 9.11. The van der Waals surface area contributed by atoms with Gasteiger partial charge in [0.2, 0.25) is 0 Å². The molecule has 0 spiro atoms. The fraction of sp³-hybridized carbons (Fsp3) is 0.333. The molecular formula is C9H12Br2ClNO2. The lowest BCUT2D eigenvalue weighted by molar-refractivity contribution is 0.275. The number of phenols is 1. The van der Waals surface area contributed by atoms with Crippen LogP contribution in [-0.2, 0) is 0 Å². The van der Waals surface area contributed by atoms with E-state index in [9.17, 15) is 5.11 Å². The summed E-state index contributed by atoms with van der Waals surface area (Å²) >= 11 is 6.53. The molecule has 0 aliphatic heterocycles. The number of halogens is 3. The summed E-state index contributed by atoms with van der Waals surface area (Å²) in [5.41, 5.74) is 6.41. The predicted molar refractivity (Wildman–Crippen MR) is 69.4 cm³/mol. The molecule has 0 heterocycles. The number of hydrogen-bond acceptors (Lipinski definition) is 3. The normalized spacial score (nSPS) is 12.0. The van der Waals surface area contributed by atoms with Gasteiger partial charge in [0.05, 0.1) is 4.47 Å². The molecule has 0 saturated heterocycles. The molecule has 0 aliphatic carbocycles. The summed E-state index contributed by atoms with van der Waals surface area (Å²) in [5, 5.41) is 18.4. The third kappa shape index (κ3) is 3.92. The van der Waals surface area contributed by atoms with Crippen molar-refractivity contribution < 1.29 is 10.2 Å². The van der Waals surface area contributed by atoms with Crippen molar-refractivity contribution in [3.8, 4) is 5.75 Å². The monoisotopic (exact) mass is 359 g/mol. The zero-order chi connectivity index (χ0) is 10.7. The summed E-state index contributed by atoms with van der Waals surface area (Å²) < 4.78 is 1.43. The average molecular weight is 361 g/mol. The van der Waals surface area contributed by atoms with Crippen molar-refractivity contribution >= 4 is 44.3 Å². The summed E-state index contributed by atoms with van der Waals surface area (Å²) in [7, 11) is 0. The largest absolute Gasteiger partial charge is 0.506 e. The van der Waals surface area contributed by atoms with Crippen LogP contribution >= 0.6 is 44.3 Å². The number of rotatable bonds is 3. The van der Waals surface area contributed by atoms with Crippen molar-refractivity contribution in [1.82, 2.24) is 0 Å². The summed E-state index contributed by atoms with van der Waals surface area (Å²) in [6.45, 7) is 0.00470. The minimum Gasteiger partial charge on any atom is -0.506 e. The molecule has 4 N–H and O–H groups in total. The van der Waals surface area contributed by atoms with E-state index in [-0.39, 0.29) is 30.8 Å². The average Bonchev–Trinajstić information content (AvgIpc) is 2.11. The molecule has 86 valence electrons. The quantitative estimate of drug-likeness (QED) is 0.776. The van der Waals surface area contributed by atoms with E-state index in [0.717, 1.165) is 4.47 Å². The molecule has 6 heteroatoms. The van der Waals surface area contributed by atoms with Crippen molar-refractivity contribution in [2.24, 2.45) is 5.73 Å². The highest BCUT2D eigenvalue weighted by atomic mass is 79.9. The number of benzene rings is 1. The molecular weight excluding hydrogens is 349 g/mol. The van der Waals surface area contributed by atoms with Gasteiger partial charge in [-0.25, -0.2) is 0 Å². The van der Waals surface area contributed by atoms with Crippen LogP contribution in [0.5, 0.6) is 5.75 Å². The molecule has 1 rings (SSSR count). The first-order valence-electron chi connectivity index (χ1n) is 4.10. The van der Waals surface area contributed by atoms with Crippen molar-refractivity contribution in [2.45, 2.75) is 12.5 Å². The molecule has 0 amide bonds. The molecule has 0 aliphatic rings. The second-order valence-corrected chi connectivity index (χ2v) is 4.71. The highest BCUT2D eigenvalue weighted by Crippen LogP contribution is 2.35. The van der Waals surface area contributed by atoms with E-state index in [0.29, 0.717) is 16.5 Å². The summed E-state index contributed by atoms with van der Waals surface area (Å²) in [6.07, 6.45) is 0.427. The Balaban J connectivity index is 0.00000196. The van der Waals surface area contributed by atoms with E-state index in [2.05, 4.69) is 31.9 Å². The maximum absolute atomic E-state index is 9.69. The first-order chi connectivity index (χ1) is 6.56. The Morgan fingerprint density at radius 3 is 2.47 bits per heavy atom. The number of aromatic hydroxyl groups is 1. The molecule has 0 unspecified atom stereocenters. The Morgan fingerprint density at radius 1 is 1.33 bits per heavy atom. The van der Waals surface area contributed by atoms with Gasteiger partial charge in [-0.05, 0) is 34.5 Å². The lowest BCUT2D eigenvalue weighted by Gasteiger charge is -2.13. The Hall–Kier alpha value is 0.190. The van der Waals surface area contributed by atoms with Crippen LogP contribution in [0, 0.1) is 0 Å². The first kappa shape index (κ1) is 15.2. The van der Waals surface area contributed by atoms with Crippen molar-refractivity contribution in [3.05, 3.63) is 26.6 Å². The molecule has 15 heavy (non-hydrogen) atoms. The van der Waals surface area contributed by atoms with E-state index >= 15 is 0 Å². The SMILES string of the molecule is Cl.N[C@@H](CCO)c1cc(Br)cc(Br)c1O. The van der Waals surface area contributed by atoms with Gasteiger partial charge in [-0.2, -0.15) is 0 Å². The molecule has 1 atom stereocenters. The van der Waals surface area contributed by atoms with Crippen LogP contribution in [0.2, 0.25) is 0 Å². The van der Waals surface area contributed by atoms with Gasteiger partial charge in [-0.15, -0.1) is 12.4 Å². The molecule has 1 aromatic carbocycles. The summed E-state index contributed by atoms with van der Waals surface area (Å²) in [5.74, 6) is 0.133. The molecule has 0 saturated carbocycles. The second-order valence-electron chi connectivity index (χ2n) is 2.94. The minimum atomic E-state index is -0.353. The van der Waals surface area contributed by atoms with Gasteiger partial charge in [-0.1, -0.05) is 15.9 Å². The number of nitrogens with two attached hydrogens (primary N) is 1. The lowest BCUT2D eigenvalue weighted by Crippen LogP contribution is -2.12. The van der Waals surface area contributed by atoms with E-state index in [1.54, 1.807) is 12.1 Å². The van der Waals surface area contributed by atoms with Crippen molar-refractivity contribution in [3.63, 3.8) is 0 Å². The fourth-order valence-electron chi connectivity index (χ4n) is 1.16. The Morgan fingerprint density at radius 2 is 1.93 bits per heavy atom. The van der Waals surface area contributed by atoms with E-state index in [1.807, 2.05) is 0 Å². The van der Waals surface area contributed by atoms with Crippen LogP contribution in [0.3, 0.4) is 0 Å². The smallest absolute Gasteiger partial charge is 0.134 e. The van der Waals surface area contributed by atoms with Crippen molar-refractivity contribution in [1.29, 1.82) is 0 Å². The van der Waals surface area contributed by atoms with Crippen LogP contribution < -0.4 is 5.73 Å². The third-order valence-corrected chi connectivity index (χ3v) is 2.96. The Kier molecular flexibility index (Phi) is 6.79. The Labute approximate surface area is 111 Å². The maximum Gasteiger partial charge on any atom is 0.134 e. The molecule has 1 aromatic rings. The van der Waals surface area contributed by atoms with Crippen LogP contribution in [0.1, 0.15) is 18.0 Å². The topological polar surface area (TPSA) is 66.5 Å². The standard InChI is InChI=1S/C9H11Br2NO2.ClH/c10-5-3-6(8(12)1-2-13)9(14)7(11)4-5;/h3-4,8,13-14H,1-2,12H2;1H/t8-;/m0./s1. The van der Waals surface area contributed by atoms with E-state index < -0.39 is 0 Å². The highest BCUT2D eigenvalue weighted by Gasteiger charge is 2.13. The van der Waals surface area contributed by atoms with Gasteiger partial charge in [0.25, 0.3) is 0 Å². The zero-order valence-electron chi connectivity index (χ0n) is 7.78. The van der Waals surface area contributed by atoms with E-state index in [4.69, 9.17) is 10.8 Å². The van der Waals surface area contributed by atoms with Crippen LogP contribution in [0.15, 0.2) is 21.1 Å². The fourth-order valence-corrected chi connectivity index (χ4v) is 2.42. The molecule has 3 nitrogen and oxygen atoms in total. The number of hydrogen-bond donors (Lipinski definition) is 3. The van der Waals surface area contributed by atoms with Gasteiger partial charge in [0.1, 0.15) is 5.75 Å². The number of aliphatic hydroxyl groups is 1. The summed E-state index contributed by atoms with van der Waals surface area (Å²) in [6, 6.07) is 3.14. The van der Waals surface area contributed by atoms with Gasteiger partial charge in [-0.3, -0.25) is 0 Å². The van der Waals surface area contributed by atoms with Gasteiger partial charge in [0.15, 0.2) is 0 Å². The molecule has 0 bridgehead atoms. The second kappa shape index (κ2) is 6.70. The summed E-state index contributed by atoms with van der Waals surface area (Å²) in [4.78, 5) is 0. The molecule has 0 aromatic heterocycles. The van der Waals surface area contributed by atoms with E-state index in [1.165, 1.54) is 0 Å². The van der Waals surface area contributed by atoms with Crippen LogP contribution in [0.4, 0.5) is 0 Å². The Bertz CT molecular complexity index is 336. The third-order valence-electron chi connectivity index (χ3n) is 1.90. The van der Waals surface area contributed by atoms with Gasteiger partial charge < -0.3 is 15.9 Å².